The highest BCUT2D eigenvalue weighted by molar-refractivity contribution is 6.31. The molecule has 2 N–H and O–H groups in total. The molecule has 1 heterocycles. The molecule has 3 aromatic rings. The number of hydrogen-bond acceptors (Lipinski definition) is 10. The number of benzene rings is 2. The van der Waals surface area contributed by atoms with Crippen molar-refractivity contribution < 1.29 is 25.0 Å². The van der Waals surface area contributed by atoms with E-state index in [0.717, 1.165) is 27.8 Å². The second-order valence-corrected chi connectivity index (χ2v) is 8.76. The molecule has 0 bridgehead atoms. The van der Waals surface area contributed by atoms with Crippen LogP contribution in [0.1, 0.15) is 31.7 Å². The van der Waals surface area contributed by atoms with Gasteiger partial charge in [-0.05, 0) is 74.8 Å². The van der Waals surface area contributed by atoms with Gasteiger partial charge in [0.2, 0.25) is 0 Å². The molecule has 1 unspecified atom stereocenters. The maximum absolute atomic E-state index is 10.6. The number of fused-ring (bicyclic) bond motifs is 1. The summed E-state index contributed by atoms with van der Waals surface area (Å²) in [5.74, 6) is 0.173. The lowest BCUT2D eigenvalue weighted by atomic mass is 10.1. The Morgan fingerprint density at radius 2 is 1.95 bits per heavy atom. The molecule has 3 rings (SSSR count). The zero-order chi connectivity index (χ0) is 26.8. The van der Waals surface area contributed by atoms with Gasteiger partial charge in [0, 0.05) is 40.1 Å². The third kappa shape index (κ3) is 8.62. The van der Waals surface area contributed by atoms with Crippen LogP contribution in [0.3, 0.4) is 0 Å². The van der Waals surface area contributed by atoms with E-state index in [9.17, 15) is 25.3 Å². The molecular formula is C24H28ClN5O7. The van der Waals surface area contributed by atoms with Crippen LogP contribution in [-0.2, 0) is 16.2 Å². The molecule has 0 amide bonds. The Kier molecular flexibility index (Phi) is 10.0. The molecule has 198 valence electrons. The Morgan fingerprint density at radius 3 is 2.68 bits per heavy atom. The molecule has 0 aliphatic carbocycles. The number of pyridine rings is 1. The van der Waals surface area contributed by atoms with Gasteiger partial charge in [-0.25, -0.2) is 0 Å². The first kappa shape index (κ1) is 27.7. The van der Waals surface area contributed by atoms with E-state index in [1.165, 1.54) is 0 Å². The minimum Gasteiger partial charge on any atom is -0.508 e. The van der Waals surface area contributed by atoms with Gasteiger partial charge in [0.1, 0.15) is 18.5 Å². The van der Waals surface area contributed by atoms with Crippen LogP contribution < -0.4 is 5.32 Å². The van der Waals surface area contributed by atoms with Gasteiger partial charge in [0.15, 0.2) is 0 Å². The fraction of sp³-hybridized carbons (Fsp3) is 0.375. The zero-order valence-corrected chi connectivity index (χ0v) is 21.0. The molecule has 37 heavy (non-hydrogen) atoms. The number of halogens is 1. The monoisotopic (exact) mass is 533 g/mol. The molecule has 0 radical (unpaired) electrons. The molecular weight excluding hydrogens is 506 g/mol. The molecule has 0 aliphatic rings. The number of aromatic nitrogens is 1. The van der Waals surface area contributed by atoms with Gasteiger partial charge in [0.25, 0.3) is 10.2 Å². The number of nitrogens with zero attached hydrogens (tertiary/aromatic N) is 4. The number of rotatable bonds is 15. The minimum absolute atomic E-state index is 0.173. The highest BCUT2D eigenvalue weighted by Crippen LogP contribution is 2.29. The topological polar surface area (TPSA) is 153 Å². The highest BCUT2D eigenvalue weighted by Gasteiger charge is 2.16. The normalized spacial score (nSPS) is 11.9. The van der Waals surface area contributed by atoms with Crippen LogP contribution in [0.4, 0.5) is 11.4 Å². The van der Waals surface area contributed by atoms with Crippen molar-refractivity contribution in [2.45, 2.75) is 38.8 Å². The van der Waals surface area contributed by atoms with Gasteiger partial charge in [-0.2, -0.15) is 0 Å². The lowest BCUT2D eigenvalue weighted by Crippen LogP contribution is -2.26. The van der Waals surface area contributed by atoms with Crippen molar-refractivity contribution in [2.24, 2.45) is 0 Å². The summed E-state index contributed by atoms with van der Waals surface area (Å²) in [6, 6.07) is 12.7. The van der Waals surface area contributed by atoms with Gasteiger partial charge in [-0.1, -0.05) is 18.5 Å². The Bertz CT molecular complexity index is 1230. The van der Waals surface area contributed by atoms with Crippen LogP contribution in [0, 0.1) is 20.2 Å². The third-order valence-corrected chi connectivity index (χ3v) is 5.99. The lowest BCUT2D eigenvalue weighted by Gasteiger charge is -2.22. The molecule has 13 heteroatoms. The zero-order valence-electron chi connectivity index (χ0n) is 20.2. The number of unbranched alkanes of at least 4 members (excludes halogenated alkanes) is 1. The van der Waals surface area contributed by atoms with Gasteiger partial charge < -0.3 is 20.1 Å². The Labute approximate surface area is 218 Å². The highest BCUT2D eigenvalue weighted by atomic mass is 35.5. The summed E-state index contributed by atoms with van der Waals surface area (Å²) < 4.78 is 0. The molecule has 0 aliphatic heterocycles. The van der Waals surface area contributed by atoms with Gasteiger partial charge in [-0.15, -0.1) is 20.2 Å². The van der Waals surface area contributed by atoms with E-state index in [1.807, 2.05) is 25.1 Å². The second-order valence-electron chi connectivity index (χ2n) is 8.32. The predicted octanol–water partition coefficient (Wildman–Crippen LogP) is 5.11. The van der Waals surface area contributed by atoms with Crippen LogP contribution in [0.15, 0.2) is 48.7 Å². The van der Waals surface area contributed by atoms with Crippen LogP contribution >= 0.6 is 11.6 Å². The molecule has 0 saturated carbocycles. The molecule has 0 saturated heterocycles. The summed E-state index contributed by atoms with van der Waals surface area (Å²) in [4.78, 5) is 36.1. The van der Waals surface area contributed by atoms with E-state index >= 15 is 0 Å². The summed E-state index contributed by atoms with van der Waals surface area (Å²) in [5.41, 5.74) is 3.17. The van der Waals surface area contributed by atoms with E-state index < -0.39 is 22.9 Å². The maximum Gasteiger partial charge on any atom is 0.294 e. The molecule has 1 aromatic heterocycles. The summed E-state index contributed by atoms with van der Waals surface area (Å²) in [6.45, 7) is 3.36. The van der Waals surface area contributed by atoms with Crippen molar-refractivity contribution in [2.75, 3.05) is 25.0 Å². The first-order valence-electron chi connectivity index (χ1n) is 11.7. The maximum atomic E-state index is 10.6. The number of anilines is 2. The van der Waals surface area contributed by atoms with Crippen molar-refractivity contribution in [3.63, 3.8) is 0 Å². The summed E-state index contributed by atoms with van der Waals surface area (Å²) >= 11 is 6.08. The second kappa shape index (κ2) is 13.4. The van der Waals surface area contributed by atoms with Crippen molar-refractivity contribution in [1.82, 2.24) is 9.88 Å². The van der Waals surface area contributed by atoms with Gasteiger partial charge >= 0.3 is 0 Å². The number of nitrogens with one attached hydrogen (secondary N) is 1. The quantitative estimate of drug-likeness (QED) is 0.116. The van der Waals surface area contributed by atoms with Crippen LogP contribution in [-0.4, -0.2) is 51.0 Å². The van der Waals surface area contributed by atoms with E-state index in [4.69, 9.17) is 11.6 Å². The Morgan fingerprint density at radius 1 is 1.14 bits per heavy atom. The average molecular weight is 534 g/mol. The van der Waals surface area contributed by atoms with Gasteiger partial charge in [0.05, 0.1) is 5.52 Å². The Balaban J connectivity index is 1.59. The van der Waals surface area contributed by atoms with E-state index in [0.29, 0.717) is 37.5 Å². The standard InChI is InChI=1S/C24H28ClN5O7/c1-2-28(12-4-3-5-20(37-30(34)35)16-36-29(32)33)15-17-13-19(7-9-24(17)31)27-22-10-11-26-23-14-18(25)6-8-21(22)23/h6-11,13-14,20,31H,2-5,12,15-16H2,1H3,(H,26,27). The largest absolute Gasteiger partial charge is 0.508 e. The lowest BCUT2D eigenvalue weighted by molar-refractivity contribution is -0.790. The number of phenolic OH excluding ortho intramolecular Hbond substituents is 1. The van der Waals surface area contributed by atoms with Crippen molar-refractivity contribution in [1.29, 1.82) is 0 Å². The summed E-state index contributed by atoms with van der Waals surface area (Å²) in [5, 5.41) is 34.4. The SMILES string of the molecule is CCN(CCCCC(CO[N+](=O)[O-])O[N+](=O)[O-])Cc1cc(Nc2ccnc3cc(Cl)ccc23)ccc1O. The van der Waals surface area contributed by atoms with Crippen LogP contribution in [0.25, 0.3) is 10.9 Å². The van der Waals surface area contributed by atoms with Crippen molar-refractivity contribution in [3.05, 3.63) is 79.5 Å². The van der Waals surface area contributed by atoms with Crippen LogP contribution in [0.2, 0.25) is 5.02 Å². The summed E-state index contributed by atoms with van der Waals surface area (Å²) in [7, 11) is 0. The molecule has 1 atom stereocenters. The smallest absolute Gasteiger partial charge is 0.294 e. The number of aromatic hydroxyl groups is 1. The van der Waals surface area contributed by atoms with Gasteiger partial charge in [-0.3, -0.25) is 9.88 Å². The number of hydrogen-bond donors (Lipinski definition) is 2. The minimum atomic E-state index is -1.01. The van der Waals surface area contributed by atoms with Crippen molar-refractivity contribution in [3.8, 4) is 5.75 Å². The first-order chi connectivity index (χ1) is 17.7. The third-order valence-electron chi connectivity index (χ3n) is 5.76. The van der Waals surface area contributed by atoms with E-state index in [2.05, 4.69) is 24.9 Å². The fourth-order valence-corrected chi connectivity index (χ4v) is 4.07. The number of phenols is 1. The Hall–Kier alpha value is -3.90. The molecule has 0 spiro atoms. The molecule has 2 aromatic carbocycles. The van der Waals surface area contributed by atoms with Crippen molar-refractivity contribution >= 4 is 33.9 Å². The summed E-state index contributed by atoms with van der Waals surface area (Å²) in [6.07, 6.45) is 2.15. The molecule has 0 fully saturated rings. The van der Waals surface area contributed by atoms with E-state index in [1.54, 1.807) is 30.5 Å². The predicted molar refractivity (Wildman–Crippen MR) is 138 cm³/mol. The first-order valence-corrected chi connectivity index (χ1v) is 12.1. The molecule has 12 nitrogen and oxygen atoms in total. The fourth-order valence-electron chi connectivity index (χ4n) is 3.91. The van der Waals surface area contributed by atoms with E-state index in [-0.39, 0.29) is 12.2 Å². The van der Waals surface area contributed by atoms with Crippen LogP contribution in [0.5, 0.6) is 5.75 Å². The average Bonchev–Trinajstić information content (AvgIpc) is 2.85.